The summed E-state index contributed by atoms with van der Waals surface area (Å²) in [4.78, 5) is 4.82. The van der Waals surface area contributed by atoms with Crippen LogP contribution in [0.25, 0.3) is 0 Å². The zero-order valence-corrected chi connectivity index (χ0v) is 11.3. The Bertz CT molecular complexity index is 198. The van der Waals surface area contributed by atoms with Gasteiger partial charge in [-0.1, -0.05) is 37.3 Å². The second-order valence-electron chi connectivity index (χ2n) is 3.58. The molecule has 1 fully saturated rings. The molecule has 0 saturated carbocycles. The first-order valence-electron chi connectivity index (χ1n) is 4.99. The van der Waals surface area contributed by atoms with Gasteiger partial charge in [-0.2, -0.15) is 0 Å². The van der Waals surface area contributed by atoms with Gasteiger partial charge in [-0.3, -0.25) is 9.80 Å². The molecule has 5 heteroatoms. The maximum Gasteiger partial charge on any atom is 0.116 e. The van der Waals surface area contributed by atoms with Crippen LogP contribution in [0.5, 0.6) is 0 Å². The van der Waals surface area contributed by atoms with Crippen LogP contribution < -0.4 is 0 Å². The highest BCUT2D eigenvalue weighted by Crippen LogP contribution is 2.26. The zero-order chi connectivity index (χ0) is 10.6. The summed E-state index contributed by atoms with van der Waals surface area (Å²) in [5, 5.41) is 0. The van der Waals surface area contributed by atoms with Crippen molar-refractivity contribution in [2.75, 3.05) is 26.7 Å². The van der Waals surface area contributed by atoms with E-state index in [0.717, 1.165) is 16.6 Å². The van der Waals surface area contributed by atoms with E-state index in [1.807, 2.05) is 0 Å². The van der Waals surface area contributed by atoms with Gasteiger partial charge in [-0.15, -0.1) is 12.6 Å². The summed E-state index contributed by atoms with van der Waals surface area (Å²) < 4.78 is 0.741. The quantitative estimate of drug-likeness (QED) is 0.604. The molecule has 82 valence electrons. The van der Waals surface area contributed by atoms with Gasteiger partial charge < -0.3 is 0 Å². The number of thiocarbonyl (C=S) groups is 1. The number of likely N-dealkylation sites (N-methyl/N-ethyl adjacent to an activating group) is 1. The molecule has 1 aliphatic heterocycles. The number of hydrogen-bond donors (Lipinski definition) is 1. The van der Waals surface area contributed by atoms with Crippen LogP contribution >= 0.6 is 36.6 Å². The molecule has 0 aromatic carbocycles. The molecule has 1 unspecified atom stereocenters. The van der Waals surface area contributed by atoms with Crippen LogP contribution in [0, 0.1) is 0 Å². The predicted molar refractivity (Wildman–Crippen MR) is 72.1 cm³/mol. The van der Waals surface area contributed by atoms with Gasteiger partial charge in [0, 0.05) is 19.6 Å². The molecule has 0 aromatic rings. The third-order valence-corrected chi connectivity index (χ3v) is 4.11. The molecular formula is C9H18N2S3. The molecule has 1 saturated heterocycles. The molecule has 1 atom stereocenters. The third kappa shape index (κ3) is 3.70. The van der Waals surface area contributed by atoms with Crippen LogP contribution in [0.4, 0.5) is 0 Å². The van der Waals surface area contributed by atoms with E-state index in [2.05, 4.69) is 36.4 Å². The van der Waals surface area contributed by atoms with Gasteiger partial charge in [0.05, 0.1) is 0 Å². The number of thiol groups is 1. The highest BCUT2D eigenvalue weighted by atomic mass is 32.2. The summed E-state index contributed by atoms with van der Waals surface area (Å²) in [6.45, 7) is 5.70. The standard InChI is InChI=1S/C9H18N2S3/c1-3-4-5-11-7-6-10(2)8(11)14-9(12)13/h8H,3-7H2,1-2H3,(H,12,13). The molecule has 2 nitrogen and oxygen atoms in total. The van der Waals surface area contributed by atoms with Crippen LogP contribution in [0.2, 0.25) is 0 Å². The van der Waals surface area contributed by atoms with E-state index < -0.39 is 0 Å². The number of nitrogens with zero attached hydrogens (tertiary/aromatic N) is 2. The van der Waals surface area contributed by atoms with Gasteiger partial charge in [0.25, 0.3) is 0 Å². The van der Waals surface area contributed by atoms with Crippen molar-refractivity contribution in [3.05, 3.63) is 0 Å². The summed E-state index contributed by atoms with van der Waals surface area (Å²) in [5.41, 5.74) is 0.409. The first kappa shape index (κ1) is 12.8. The number of hydrogen-bond acceptors (Lipinski definition) is 4. The average Bonchev–Trinajstić information content (AvgIpc) is 2.45. The molecule has 1 heterocycles. The maximum absolute atomic E-state index is 5.02. The predicted octanol–water partition coefficient (Wildman–Crippen LogP) is 2.27. The second kappa shape index (κ2) is 6.33. The largest absolute Gasteiger partial charge is 0.281 e. The van der Waals surface area contributed by atoms with Gasteiger partial charge in [0.15, 0.2) is 0 Å². The van der Waals surface area contributed by atoms with Crippen molar-refractivity contribution < 1.29 is 0 Å². The van der Waals surface area contributed by atoms with Crippen molar-refractivity contribution in [2.24, 2.45) is 0 Å². The van der Waals surface area contributed by atoms with Crippen LogP contribution in [-0.4, -0.2) is 45.5 Å². The Kier molecular flexibility index (Phi) is 5.77. The maximum atomic E-state index is 5.02. The minimum absolute atomic E-state index is 0.409. The van der Waals surface area contributed by atoms with E-state index in [1.165, 1.54) is 19.4 Å². The minimum atomic E-state index is 0.409. The summed E-state index contributed by atoms with van der Waals surface area (Å²) in [7, 11) is 2.15. The SMILES string of the molecule is CCCCN1CCN(C)C1SC(=S)S. The van der Waals surface area contributed by atoms with Gasteiger partial charge in [0.1, 0.15) is 9.03 Å². The fraction of sp³-hybridized carbons (Fsp3) is 0.889. The first-order valence-corrected chi connectivity index (χ1v) is 6.72. The van der Waals surface area contributed by atoms with E-state index in [0.29, 0.717) is 5.50 Å². The average molecular weight is 250 g/mol. The van der Waals surface area contributed by atoms with Crippen LogP contribution in [0.15, 0.2) is 0 Å². The summed E-state index contributed by atoms with van der Waals surface area (Å²) in [5.74, 6) is 0. The van der Waals surface area contributed by atoms with E-state index >= 15 is 0 Å². The van der Waals surface area contributed by atoms with E-state index in [1.54, 1.807) is 11.8 Å². The smallest absolute Gasteiger partial charge is 0.116 e. The molecule has 0 spiro atoms. The Hall–Kier alpha value is 0.710. The van der Waals surface area contributed by atoms with E-state index in [-0.39, 0.29) is 0 Å². The summed E-state index contributed by atoms with van der Waals surface area (Å²) in [6, 6.07) is 0. The highest BCUT2D eigenvalue weighted by Gasteiger charge is 2.29. The highest BCUT2D eigenvalue weighted by molar-refractivity contribution is 8.41. The molecule has 0 radical (unpaired) electrons. The topological polar surface area (TPSA) is 6.48 Å². The van der Waals surface area contributed by atoms with E-state index in [4.69, 9.17) is 12.2 Å². The van der Waals surface area contributed by atoms with Crippen molar-refractivity contribution >= 4 is 40.1 Å². The normalized spacial score (nSPS) is 24.4. The fourth-order valence-electron chi connectivity index (χ4n) is 1.62. The number of unbranched alkanes of at least 4 members (excludes halogenated alkanes) is 1. The van der Waals surface area contributed by atoms with Crippen LogP contribution in [-0.2, 0) is 0 Å². The molecule has 0 N–H and O–H groups in total. The third-order valence-electron chi connectivity index (χ3n) is 2.43. The van der Waals surface area contributed by atoms with Crippen molar-refractivity contribution in [3.63, 3.8) is 0 Å². The number of rotatable bonds is 4. The van der Waals surface area contributed by atoms with Gasteiger partial charge in [0.2, 0.25) is 0 Å². The lowest BCUT2D eigenvalue weighted by atomic mass is 10.3. The molecule has 1 rings (SSSR count). The van der Waals surface area contributed by atoms with Crippen molar-refractivity contribution in [2.45, 2.75) is 25.3 Å². The molecule has 0 aliphatic carbocycles. The summed E-state index contributed by atoms with van der Waals surface area (Å²) in [6.07, 6.45) is 2.52. The number of thioether (sulfide) groups is 1. The Morgan fingerprint density at radius 3 is 2.86 bits per heavy atom. The lowest BCUT2D eigenvalue weighted by molar-refractivity contribution is 0.240. The van der Waals surface area contributed by atoms with Gasteiger partial charge in [-0.05, 0) is 13.5 Å². The van der Waals surface area contributed by atoms with Crippen LogP contribution in [0.1, 0.15) is 19.8 Å². The molecule has 1 aliphatic rings. The second-order valence-corrected chi connectivity index (χ2v) is 6.36. The Labute approximate surface area is 102 Å². The van der Waals surface area contributed by atoms with Gasteiger partial charge in [-0.25, -0.2) is 0 Å². The van der Waals surface area contributed by atoms with E-state index in [9.17, 15) is 0 Å². The molecule has 0 bridgehead atoms. The molecule has 0 amide bonds. The summed E-state index contributed by atoms with van der Waals surface area (Å²) >= 11 is 10.9. The Morgan fingerprint density at radius 2 is 2.29 bits per heavy atom. The first-order chi connectivity index (χ1) is 6.65. The minimum Gasteiger partial charge on any atom is -0.281 e. The zero-order valence-electron chi connectivity index (χ0n) is 8.77. The monoisotopic (exact) mass is 250 g/mol. The lowest BCUT2D eigenvalue weighted by Gasteiger charge is -2.26. The van der Waals surface area contributed by atoms with Crippen molar-refractivity contribution in [3.8, 4) is 0 Å². The Morgan fingerprint density at radius 1 is 1.57 bits per heavy atom. The fourth-order valence-corrected chi connectivity index (χ4v) is 2.99. The Balaban J connectivity index is 2.44. The van der Waals surface area contributed by atoms with Crippen molar-refractivity contribution in [1.29, 1.82) is 0 Å². The van der Waals surface area contributed by atoms with Gasteiger partial charge >= 0.3 is 0 Å². The lowest BCUT2D eigenvalue weighted by Crippen LogP contribution is -2.35. The molecule has 0 aromatic heterocycles. The molecular weight excluding hydrogens is 232 g/mol. The van der Waals surface area contributed by atoms with Crippen molar-refractivity contribution in [1.82, 2.24) is 9.80 Å². The molecule has 14 heavy (non-hydrogen) atoms. The van der Waals surface area contributed by atoms with Crippen LogP contribution in [0.3, 0.4) is 0 Å².